The lowest BCUT2D eigenvalue weighted by Crippen LogP contribution is -2.37. The second kappa shape index (κ2) is 10.6. The minimum Gasteiger partial charge on any atom is -0.378 e. The normalized spacial score (nSPS) is 13.8. The SMILES string of the molecule is Cc1nc(SCc2cccc(C(=O)NCc3ccccn3)c2)nc(N2CCOCC2)c1C. The van der Waals surface area contributed by atoms with Crippen LogP contribution in [-0.4, -0.2) is 47.2 Å². The Hall–Kier alpha value is -2.97. The third-order valence-electron chi connectivity index (χ3n) is 5.37. The molecule has 0 atom stereocenters. The van der Waals surface area contributed by atoms with Gasteiger partial charge in [0.15, 0.2) is 5.16 Å². The first-order valence-corrected chi connectivity index (χ1v) is 11.7. The lowest BCUT2D eigenvalue weighted by atomic mass is 10.1. The average Bonchev–Trinajstić information content (AvgIpc) is 2.84. The molecule has 1 N–H and O–H groups in total. The van der Waals surface area contributed by atoms with Gasteiger partial charge >= 0.3 is 0 Å². The number of carbonyl (C=O) groups excluding carboxylic acids is 1. The number of thioether (sulfide) groups is 1. The summed E-state index contributed by atoms with van der Waals surface area (Å²) in [5.74, 6) is 1.57. The highest BCUT2D eigenvalue weighted by atomic mass is 32.2. The van der Waals surface area contributed by atoms with Crippen molar-refractivity contribution < 1.29 is 9.53 Å². The van der Waals surface area contributed by atoms with Gasteiger partial charge in [-0.2, -0.15) is 0 Å². The molecule has 0 radical (unpaired) electrons. The lowest BCUT2D eigenvalue weighted by molar-refractivity contribution is 0.0950. The summed E-state index contributed by atoms with van der Waals surface area (Å²) in [6.07, 6.45) is 1.72. The zero-order valence-electron chi connectivity index (χ0n) is 18.4. The molecule has 3 aromatic rings. The number of benzene rings is 1. The molecule has 4 rings (SSSR count). The number of morpholine rings is 1. The van der Waals surface area contributed by atoms with Crippen molar-refractivity contribution in [2.75, 3.05) is 31.2 Å². The van der Waals surface area contributed by atoms with E-state index in [9.17, 15) is 4.79 Å². The average molecular weight is 450 g/mol. The maximum Gasteiger partial charge on any atom is 0.251 e. The van der Waals surface area contributed by atoms with E-state index in [1.54, 1.807) is 18.0 Å². The Kier molecular flexibility index (Phi) is 7.34. The zero-order valence-corrected chi connectivity index (χ0v) is 19.2. The van der Waals surface area contributed by atoms with E-state index in [0.29, 0.717) is 17.9 Å². The predicted molar refractivity (Wildman–Crippen MR) is 126 cm³/mol. The molecule has 1 saturated heterocycles. The van der Waals surface area contributed by atoms with E-state index in [4.69, 9.17) is 9.72 Å². The van der Waals surface area contributed by atoms with Crippen molar-refractivity contribution in [3.63, 3.8) is 0 Å². The van der Waals surface area contributed by atoms with Gasteiger partial charge in [0.1, 0.15) is 5.82 Å². The van der Waals surface area contributed by atoms with Crippen LogP contribution in [0.3, 0.4) is 0 Å². The summed E-state index contributed by atoms with van der Waals surface area (Å²) < 4.78 is 5.47. The van der Waals surface area contributed by atoms with Crippen LogP contribution >= 0.6 is 11.8 Å². The summed E-state index contributed by atoms with van der Waals surface area (Å²) in [5.41, 5.74) is 4.62. The van der Waals surface area contributed by atoms with Crippen LogP contribution in [0, 0.1) is 13.8 Å². The van der Waals surface area contributed by atoms with E-state index in [2.05, 4.69) is 27.1 Å². The molecule has 1 aliphatic heterocycles. The molecule has 0 saturated carbocycles. The standard InChI is InChI=1S/C24H27N5O2S/c1-17-18(2)27-24(28-22(17)29-10-12-31-13-11-29)32-16-19-6-5-7-20(14-19)23(30)26-15-21-8-3-4-9-25-21/h3-9,14H,10-13,15-16H2,1-2H3,(H,26,30). The Bertz CT molecular complexity index is 1070. The van der Waals surface area contributed by atoms with Gasteiger partial charge in [-0.15, -0.1) is 0 Å². The van der Waals surface area contributed by atoms with Gasteiger partial charge in [-0.25, -0.2) is 9.97 Å². The highest BCUT2D eigenvalue weighted by molar-refractivity contribution is 7.98. The van der Waals surface area contributed by atoms with Crippen LogP contribution in [0.5, 0.6) is 0 Å². The van der Waals surface area contributed by atoms with Gasteiger partial charge in [-0.3, -0.25) is 9.78 Å². The van der Waals surface area contributed by atoms with E-state index >= 15 is 0 Å². The number of anilines is 1. The number of aryl methyl sites for hydroxylation is 1. The van der Waals surface area contributed by atoms with Crippen LogP contribution in [-0.2, 0) is 17.0 Å². The van der Waals surface area contributed by atoms with E-state index in [1.807, 2.05) is 49.4 Å². The fraction of sp³-hybridized carbons (Fsp3) is 0.333. The van der Waals surface area contributed by atoms with Crippen molar-refractivity contribution >= 4 is 23.5 Å². The number of pyridine rings is 1. The summed E-state index contributed by atoms with van der Waals surface area (Å²) in [7, 11) is 0. The first-order valence-electron chi connectivity index (χ1n) is 10.7. The van der Waals surface area contributed by atoms with Crippen LogP contribution in [0.4, 0.5) is 5.82 Å². The number of carbonyl (C=O) groups is 1. The molecule has 0 aliphatic carbocycles. The smallest absolute Gasteiger partial charge is 0.251 e. The zero-order chi connectivity index (χ0) is 22.3. The van der Waals surface area contributed by atoms with Crippen molar-refractivity contribution in [1.82, 2.24) is 20.3 Å². The van der Waals surface area contributed by atoms with Crippen molar-refractivity contribution in [1.29, 1.82) is 0 Å². The van der Waals surface area contributed by atoms with Crippen LogP contribution in [0.1, 0.15) is 32.9 Å². The third kappa shape index (κ3) is 5.63. The number of ether oxygens (including phenoxy) is 1. The Labute approximate surface area is 192 Å². The van der Waals surface area contributed by atoms with Gasteiger partial charge in [0.2, 0.25) is 0 Å². The molecule has 1 aromatic carbocycles. The first kappa shape index (κ1) is 22.2. The molecule has 0 unspecified atom stereocenters. The molecule has 0 spiro atoms. The Morgan fingerprint density at radius 3 is 2.75 bits per heavy atom. The highest BCUT2D eigenvalue weighted by Crippen LogP contribution is 2.26. The quantitative estimate of drug-likeness (QED) is 0.436. The van der Waals surface area contributed by atoms with E-state index in [-0.39, 0.29) is 5.91 Å². The number of rotatable bonds is 7. The largest absolute Gasteiger partial charge is 0.378 e. The molecule has 7 nitrogen and oxygen atoms in total. The van der Waals surface area contributed by atoms with Crippen LogP contribution in [0.2, 0.25) is 0 Å². The maximum absolute atomic E-state index is 12.6. The minimum absolute atomic E-state index is 0.112. The first-order chi connectivity index (χ1) is 15.6. The van der Waals surface area contributed by atoms with Crippen LogP contribution < -0.4 is 10.2 Å². The molecular formula is C24H27N5O2S. The third-order valence-corrected chi connectivity index (χ3v) is 6.29. The van der Waals surface area contributed by atoms with Gasteiger partial charge in [0.25, 0.3) is 5.91 Å². The molecule has 0 bridgehead atoms. The van der Waals surface area contributed by atoms with E-state index < -0.39 is 0 Å². The highest BCUT2D eigenvalue weighted by Gasteiger charge is 2.18. The molecule has 3 heterocycles. The van der Waals surface area contributed by atoms with E-state index in [1.165, 1.54) is 0 Å². The van der Waals surface area contributed by atoms with Gasteiger partial charge in [-0.1, -0.05) is 30.0 Å². The van der Waals surface area contributed by atoms with Gasteiger partial charge < -0.3 is 15.0 Å². The summed E-state index contributed by atoms with van der Waals surface area (Å²) in [5, 5.41) is 3.67. The van der Waals surface area contributed by atoms with Gasteiger partial charge in [-0.05, 0) is 43.7 Å². The number of hydrogen-bond acceptors (Lipinski definition) is 7. The molecule has 8 heteroatoms. The van der Waals surface area contributed by atoms with Gasteiger partial charge in [0.05, 0.1) is 25.5 Å². The van der Waals surface area contributed by atoms with Crippen LogP contribution in [0.25, 0.3) is 0 Å². The topological polar surface area (TPSA) is 80.2 Å². The second-order valence-corrected chi connectivity index (χ2v) is 8.57. The fourth-order valence-corrected chi connectivity index (χ4v) is 4.29. The van der Waals surface area contributed by atoms with Crippen molar-refractivity contribution in [2.45, 2.75) is 31.3 Å². The molecule has 1 amide bonds. The Morgan fingerprint density at radius 2 is 1.97 bits per heavy atom. The number of amides is 1. The number of hydrogen-bond donors (Lipinski definition) is 1. The predicted octanol–water partition coefficient (Wildman–Crippen LogP) is 3.55. The number of nitrogens with zero attached hydrogens (tertiary/aromatic N) is 4. The van der Waals surface area contributed by atoms with Gasteiger partial charge in [0, 0.05) is 41.9 Å². The molecule has 32 heavy (non-hydrogen) atoms. The maximum atomic E-state index is 12.6. The van der Waals surface area contributed by atoms with Crippen molar-refractivity contribution in [3.05, 3.63) is 76.7 Å². The van der Waals surface area contributed by atoms with E-state index in [0.717, 1.165) is 59.8 Å². The lowest BCUT2D eigenvalue weighted by Gasteiger charge is -2.29. The summed E-state index contributed by atoms with van der Waals surface area (Å²) >= 11 is 1.58. The van der Waals surface area contributed by atoms with Crippen LogP contribution in [0.15, 0.2) is 53.8 Å². The molecular weight excluding hydrogens is 422 g/mol. The summed E-state index contributed by atoms with van der Waals surface area (Å²) in [6, 6.07) is 13.3. The van der Waals surface area contributed by atoms with Crippen molar-refractivity contribution in [3.8, 4) is 0 Å². The van der Waals surface area contributed by atoms with Crippen molar-refractivity contribution in [2.24, 2.45) is 0 Å². The summed E-state index contributed by atoms with van der Waals surface area (Å²) in [6.45, 7) is 7.63. The number of nitrogens with one attached hydrogen (secondary N) is 1. The Balaban J connectivity index is 1.40. The molecule has 2 aromatic heterocycles. The number of aromatic nitrogens is 3. The Morgan fingerprint density at radius 1 is 1.12 bits per heavy atom. The molecule has 1 fully saturated rings. The minimum atomic E-state index is -0.112. The monoisotopic (exact) mass is 449 g/mol. The fourth-order valence-electron chi connectivity index (χ4n) is 3.46. The molecule has 1 aliphatic rings. The second-order valence-electron chi connectivity index (χ2n) is 7.63. The summed E-state index contributed by atoms with van der Waals surface area (Å²) in [4.78, 5) is 28.6. The molecule has 166 valence electrons.